The third-order valence-corrected chi connectivity index (χ3v) is 3.72. The van der Waals surface area contributed by atoms with Crippen LogP contribution in [0.25, 0.3) is 0 Å². The van der Waals surface area contributed by atoms with Crippen LogP contribution in [0.5, 0.6) is 0 Å². The van der Waals surface area contributed by atoms with Crippen LogP contribution in [0, 0.1) is 19.3 Å². The molecule has 0 aliphatic carbocycles. The highest BCUT2D eigenvalue weighted by molar-refractivity contribution is 6.34. The monoisotopic (exact) mass is 368 g/mol. The van der Waals surface area contributed by atoms with Crippen molar-refractivity contribution in [1.29, 1.82) is 0 Å². The maximum atomic E-state index is 12.0. The first-order chi connectivity index (χ1) is 11.4. The molecule has 6 nitrogen and oxygen atoms in total. The average molecular weight is 369 g/mol. The van der Waals surface area contributed by atoms with Crippen molar-refractivity contribution < 1.29 is 19.1 Å². The van der Waals surface area contributed by atoms with Crippen molar-refractivity contribution in [2.75, 3.05) is 11.9 Å². The van der Waals surface area contributed by atoms with Gasteiger partial charge < -0.3 is 15.4 Å². The summed E-state index contributed by atoms with van der Waals surface area (Å²) in [7, 11) is 0. The molecule has 1 rings (SSSR count). The molecular formula is C18H25ClN2O4. The summed E-state index contributed by atoms with van der Waals surface area (Å²) in [6.07, 6.45) is 0. The minimum atomic E-state index is -0.843. The summed E-state index contributed by atoms with van der Waals surface area (Å²) in [5.74, 6) is -1.46. The van der Waals surface area contributed by atoms with Crippen molar-refractivity contribution in [3.8, 4) is 0 Å². The summed E-state index contributed by atoms with van der Waals surface area (Å²) in [4.78, 5) is 35.7. The Morgan fingerprint density at radius 3 is 2.32 bits per heavy atom. The molecule has 0 fully saturated rings. The van der Waals surface area contributed by atoms with Gasteiger partial charge >= 0.3 is 5.97 Å². The van der Waals surface area contributed by atoms with Gasteiger partial charge in [0.2, 0.25) is 5.91 Å². The van der Waals surface area contributed by atoms with E-state index in [9.17, 15) is 14.4 Å². The smallest absolute Gasteiger partial charge is 0.328 e. The molecule has 0 saturated heterocycles. The van der Waals surface area contributed by atoms with Crippen LogP contribution in [0.2, 0.25) is 5.02 Å². The molecule has 2 amide bonds. The van der Waals surface area contributed by atoms with Gasteiger partial charge in [-0.3, -0.25) is 9.59 Å². The van der Waals surface area contributed by atoms with E-state index in [1.165, 1.54) is 6.92 Å². The van der Waals surface area contributed by atoms with Crippen molar-refractivity contribution in [2.45, 2.75) is 47.6 Å². The number of hydrogen-bond donors (Lipinski definition) is 2. The molecule has 0 radical (unpaired) electrons. The van der Waals surface area contributed by atoms with Crippen LogP contribution in [-0.2, 0) is 19.1 Å². The highest BCUT2D eigenvalue weighted by atomic mass is 35.5. The number of aryl methyl sites for hydroxylation is 2. The second-order valence-electron chi connectivity index (χ2n) is 7.04. The van der Waals surface area contributed by atoms with E-state index < -0.39 is 29.9 Å². The lowest BCUT2D eigenvalue weighted by atomic mass is 9.95. The summed E-state index contributed by atoms with van der Waals surface area (Å²) < 4.78 is 4.95. The van der Waals surface area contributed by atoms with Crippen LogP contribution in [0.15, 0.2) is 12.1 Å². The SMILES string of the molecule is Cc1cc(C)c(NC(=O)COC(=O)C(C)NC(=O)C(C)(C)C)c(Cl)c1. The zero-order valence-electron chi connectivity index (χ0n) is 15.5. The molecule has 0 heterocycles. The summed E-state index contributed by atoms with van der Waals surface area (Å²) in [5, 5.41) is 5.60. The maximum absolute atomic E-state index is 12.0. The van der Waals surface area contributed by atoms with Gasteiger partial charge in [0.25, 0.3) is 5.91 Å². The molecule has 0 aromatic heterocycles. The normalized spacial score (nSPS) is 12.3. The summed E-state index contributed by atoms with van der Waals surface area (Å²) >= 11 is 6.12. The predicted octanol–water partition coefficient (Wildman–Crippen LogP) is 2.99. The number of anilines is 1. The fourth-order valence-corrected chi connectivity index (χ4v) is 2.35. The Morgan fingerprint density at radius 1 is 1.20 bits per heavy atom. The molecule has 0 aliphatic heterocycles. The van der Waals surface area contributed by atoms with E-state index in [2.05, 4.69) is 10.6 Å². The van der Waals surface area contributed by atoms with E-state index in [1.54, 1.807) is 26.8 Å². The number of carbonyl (C=O) groups is 3. The number of amides is 2. The number of benzene rings is 1. The quantitative estimate of drug-likeness (QED) is 0.782. The first-order valence-corrected chi connectivity index (χ1v) is 8.34. The molecule has 1 atom stereocenters. The average Bonchev–Trinajstić information content (AvgIpc) is 2.47. The van der Waals surface area contributed by atoms with Crippen LogP contribution < -0.4 is 10.6 Å². The molecular weight excluding hydrogens is 344 g/mol. The zero-order valence-corrected chi connectivity index (χ0v) is 16.2. The number of carbonyl (C=O) groups excluding carboxylic acids is 3. The molecule has 138 valence electrons. The highest BCUT2D eigenvalue weighted by Crippen LogP contribution is 2.27. The second-order valence-corrected chi connectivity index (χ2v) is 7.45. The largest absolute Gasteiger partial charge is 0.454 e. The molecule has 1 aromatic carbocycles. The molecule has 0 aliphatic rings. The van der Waals surface area contributed by atoms with E-state index in [4.69, 9.17) is 16.3 Å². The second kappa shape index (κ2) is 8.34. The van der Waals surface area contributed by atoms with Gasteiger partial charge in [0.05, 0.1) is 10.7 Å². The Kier molecular flexibility index (Phi) is 6.99. The van der Waals surface area contributed by atoms with Crippen LogP contribution in [0.4, 0.5) is 5.69 Å². The fourth-order valence-electron chi connectivity index (χ4n) is 1.98. The van der Waals surface area contributed by atoms with Crippen molar-refractivity contribution >= 4 is 35.1 Å². The Labute approximate surface area is 153 Å². The number of rotatable bonds is 5. The minimum absolute atomic E-state index is 0.275. The van der Waals surface area contributed by atoms with Gasteiger partial charge in [-0.2, -0.15) is 0 Å². The first kappa shape index (κ1) is 21.0. The lowest BCUT2D eigenvalue weighted by molar-refractivity contribution is -0.150. The van der Waals surface area contributed by atoms with Crippen molar-refractivity contribution in [1.82, 2.24) is 5.32 Å². The highest BCUT2D eigenvalue weighted by Gasteiger charge is 2.26. The lowest BCUT2D eigenvalue weighted by Crippen LogP contribution is -2.45. The maximum Gasteiger partial charge on any atom is 0.328 e. The third-order valence-electron chi connectivity index (χ3n) is 3.42. The Hall–Kier alpha value is -2.08. The predicted molar refractivity (Wildman–Crippen MR) is 97.6 cm³/mol. The van der Waals surface area contributed by atoms with Gasteiger partial charge in [0.1, 0.15) is 6.04 Å². The number of ether oxygens (including phenoxy) is 1. The molecule has 1 unspecified atom stereocenters. The van der Waals surface area contributed by atoms with Gasteiger partial charge in [-0.25, -0.2) is 4.79 Å². The number of nitrogens with one attached hydrogen (secondary N) is 2. The van der Waals surface area contributed by atoms with Crippen molar-refractivity contribution in [3.05, 3.63) is 28.3 Å². The summed E-state index contributed by atoms with van der Waals surface area (Å²) in [5.41, 5.74) is 1.67. The number of hydrogen-bond acceptors (Lipinski definition) is 4. The van der Waals surface area contributed by atoms with Crippen molar-refractivity contribution in [2.24, 2.45) is 5.41 Å². The third kappa shape index (κ3) is 6.38. The van der Waals surface area contributed by atoms with Gasteiger partial charge in [-0.15, -0.1) is 0 Å². The summed E-state index contributed by atoms with van der Waals surface area (Å²) in [6, 6.07) is 2.78. The minimum Gasteiger partial charge on any atom is -0.454 e. The topological polar surface area (TPSA) is 84.5 Å². The summed E-state index contributed by atoms with van der Waals surface area (Å²) in [6.45, 7) is 9.98. The zero-order chi connectivity index (χ0) is 19.4. The van der Waals surface area contributed by atoms with E-state index in [-0.39, 0.29) is 5.91 Å². The molecule has 0 bridgehead atoms. The number of esters is 1. The van der Waals surface area contributed by atoms with Gasteiger partial charge in [0.15, 0.2) is 6.61 Å². The molecule has 0 spiro atoms. The van der Waals surface area contributed by atoms with Crippen molar-refractivity contribution in [3.63, 3.8) is 0 Å². The Balaban J connectivity index is 2.57. The van der Waals surface area contributed by atoms with E-state index >= 15 is 0 Å². The Bertz CT molecular complexity index is 657. The molecule has 2 N–H and O–H groups in total. The molecule has 0 saturated carbocycles. The van der Waals surface area contributed by atoms with Gasteiger partial charge in [-0.1, -0.05) is 38.4 Å². The van der Waals surface area contributed by atoms with Crippen LogP contribution in [0.1, 0.15) is 38.8 Å². The molecule has 1 aromatic rings. The van der Waals surface area contributed by atoms with Crippen LogP contribution in [0.3, 0.4) is 0 Å². The Morgan fingerprint density at radius 2 is 1.80 bits per heavy atom. The first-order valence-electron chi connectivity index (χ1n) is 7.96. The molecule has 7 heteroatoms. The van der Waals surface area contributed by atoms with E-state index in [0.29, 0.717) is 10.7 Å². The van der Waals surface area contributed by atoms with Crippen LogP contribution in [-0.4, -0.2) is 30.4 Å². The fraction of sp³-hybridized carbons (Fsp3) is 0.500. The van der Waals surface area contributed by atoms with Crippen LogP contribution >= 0.6 is 11.6 Å². The molecule has 25 heavy (non-hydrogen) atoms. The lowest BCUT2D eigenvalue weighted by Gasteiger charge is -2.21. The standard InChI is InChI=1S/C18H25ClN2O4/c1-10-7-11(2)15(13(19)8-10)21-14(22)9-25-16(23)12(3)20-17(24)18(4,5)6/h7-8,12H,9H2,1-6H3,(H,20,24)(H,21,22). The number of halogens is 1. The van der Waals surface area contributed by atoms with Gasteiger partial charge in [-0.05, 0) is 38.0 Å². The van der Waals surface area contributed by atoms with E-state index in [0.717, 1.165) is 11.1 Å². The van der Waals surface area contributed by atoms with Gasteiger partial charge in [0, 0.05) is 5.41 Å². The van der Waals surface area contributed by atoms with E-state index in [1.807, 2.05) is 19.9 Å².